The van der Waals surface area contributed by atoms with Crippen LogP contribution in [0.1, 0.15) is 31.2 Å². The monoisotopic (exact) mass is 359 g/mol. The van der Waals surface area contributed by atoms with Gasteiger partial charge in [0.2, 0.25) is 0 Å². The van der Waals surface area contributed by atoms with Gasteiger partial charge in [-0.05, 0) is 30.7 Å². The van der Waals surface area contributed by atoms with Gasteiger partial charge in [-0.1, -0.05) is 36.8 Å². The minimum atomic E-state index is -0.196. The lowest BCUT2D eigenvalue weighted by Crippen LogP contribution is -2.52. The van der Waals surface area contributed by atoms with E-state index >= 15 is 0 Å². The van der Waals surface area contributed by atoms with Crippen molar-refractivity contribution in [3.05, 3.63) is 35.9 Å². The first-order chi connectivity index (χ1) is 12.8. The molecule has 1 aromatic carbocycles. The number of hydrogen-bond acceptors (Lipinski definition) is 5. The zero-order valence-corrected chi connectivity index (χ0v) is 15.6. The molecule has 3 aliphatic rings. The van der Waals surface area contributed by atoms with Gasteiger partial charge in [0.15, 0.2) is 0 Å². The summed E-state index contributed by atoms with van der Waals surface area (Å²) in [6.07, 6.45) is 4.54. The highest BCUT2D eigenvalue weighted by Gasteiger charge is 2.36. The zero-order chi connectivity index (χ0) is 17.8. The molecule has 2 saturated heterocycles. The summed E-state index contributed by atoms with van der Waals surface area (Å²) in [5.74, 6) is 0.671. The van der Waals surface area contributed by atoms with Gasteiger partial charge in [0, 0.05) is 44.3 Å². The molecule has 5 unspecified atom stereocenters. The van der Waals surface area contributed by atoms with E-state index in [1.54, 1.807) is 0 Å². The van der Waals surface area contributed by atoms with Crippen LogP contribution >= 0.6 is 0 Å². The Morgan fingerprint density at radius 3 is 2.92 bits per heavy atom. The number of nitrogens with zero attached hydrogens (tertiary/aromatic N) is 1. The lowest BCUT2D eigenvalue weighted by atomic mass is 9.93. The molecule has 0 amide bonds. The highest BCUT2D eigenvalue weighted by atomic mass is 16.5. The van der Waals surface area contributed by atoms with Gasteiger partial charge in [-0.3, -0.25) is 4.90 Å². The van der Waals surface area contributed by atoms with Crippen molar-refractivity contribution < 1.29 is 9.84 Å². The third-order valence-electron chi connectivity index (χ3n) is 6.39. The van der Waals surface area contributed by atoms with E-state index in [1.165, 1.54) is 24.8 Å². The molecule has 3 fully saturated rings. The first-order valence-corrected chi connectivity index (χ1v) is 10.3. The predicted octanol–water partition coefficient (Wildman–Crippen LogP) is 1.37. The molecule has 5 heteroatoms. The molecule has 0 radical (unpaired) electrons. The molecule has 1 saturated carbocycles. The Morgan fingerprint density at radius 2 is 2.12 bits per heavy atom. The molecule has 0 bridgehead atoms. The SMILES string of the molecule is OC1CC(CNC2CCCC2C2COCCN2)N(Cc2ccccc2)C1. The third kappa shape index (κ3) is 4.46. The number of nitrogens with one attached hydrogen (secondary N) is 2. The Labute approximate surface area is 157 Å². The Kier molecular flexibility index (Phi) is 6.23. The molecule has 3 N–H and O–H groups in total. The topological polar surface area (TPSA) is 56.8 Å². The highest BCUT2D eigenvalue weighted by molar-refractivity contribution is 5.15. The van der Waals surface area contributed by atoms with Crippen molar-refractivity contribution in [3.8, 4) is 0 Å². The first-order valence-electron chi connectivity index (χ1n) is 10.3. The van der Waals surface area contributed by atoms with E-state index < -0.39 is 0 Å². The highest BCUT2D eigenvalue weighted by Crippen LogP contribution is 2.30. The largest absolute Gasteiger partial charge is 0.392 e. The number of hydrogen-bond donors (Lipinski definition) is 3. The van der Waals surface area contributed by atoms with Gasteiger partial charge in [0.05, 0.1) is 19.3 Å². The van der Waals surface area contributed by atoms with Crippen molar-refractivity contribution >= 4 is 0 Å². The summed E-state index contributed by atoms with van der Waals surface area (Å²) in [4.78, 5) is 2.44. The number of likely N-dealkylation sites (tertiary alicyclic amines) is 1. The Bertz CT molecular complexity index is 549. The zero-order valence-electron chi connectivity index (χ0n) is 15.6. The summed E-state index contributed by atoms with van der Waals surface area (Å²) >= 11 is 0. The second-order valence-electron chi connectivity index (χ2n) is 8.20. The number of benzene rings is 1. The smallest absolute Gasteiger partial charge is 0.0682 e. The van der Waals surface area contributed by atoms with E-state index in [2.05, 4.69) is 45.9 Å². The molecule has 1 aromatic rings. The molecular formula is C21H33N3O2. The van der Waals surface area contributed by atoms with Crippen LogP contribution in [-0.4, -0.2) is 67.1 Å². The van der Waals surface area contributed by atoms with Crippen LogP contribution in [0.5, 0.6) is 0 Å². The number of ether oxygens (including phenoxy) is 1. The van der Waals surface area contributed by atoms with Crippen molar-refractivity contribution in [2.45, 2.75) is 56.5 Å². The van der Waals surface area contributed by atoms with E-state index in [1.807, 2.05) is 0 Å². The van der Waals surface area contributed by atoms with Gasteiger partial charge in [-0.2, -0.15) is 0 Å². The van der Waals surface area contributed by atoms with Gasteiger partial charge in [0.25, 0.3) is 0 Å². The molecular weight excluding hydrogens is 326 g/mol. The molecule has 0 aromatic heterocycles. The third-order valence-corrected chi connectivity index (χ3v) is 6.39. The fraction of sp³-hybridized carbons (Fsp3) is 0.714. The minimum absolute atomic E-state index is 0.196. The molecule has 2 aliphatic heterocycles. The van der Waals surface area contributed by atoms with Crippen LogP contribution in [-0.2, 0) is 11.3 Å². The van der Waals surface area contributed by atoms with Crippen molar-refractivity contribution in [2.75, 3.05) is 32.8 Å². The first kappa shape index (κ1) is 18.4. The van der Waals surface area contributed by atoms with Crippen molar-refractivity contribution in [1.29, 1.82) is 0 Å². The normalized spacial score (nSPS) is 35.8. The lowest BCUT2D eigenvalue weighted by Gasteiger charge is -2.34. The van der Waals surface area contributed by atoms with Crippen LogP contribution in [0.25, 0.3) is 0 Å². The Morgan fingerprint density at radius 1 is 1.23 bits per heavy atom. The van der Waals surface area contributed by atoms with Crippen LogP contribution < -0.4 is 10.6 Å². The molecule has 4 rings (SSSR count). The maximum absolute atomic E-state index is 10.2. The maximum Gasteiger partial charge on any atom is 0.0682 e. The molecule has 5 atom stereocenters. The predicted molar refractivity (Wildman–Crippen MR) is 103 cm³/mol. The second kappa shape index (κ2) is 8.81. The van der Waals surface area contributed by atoms with E-state index in [9.17, 15) is 5.11 Å². The summed E-state index contributed by atoms with van der Waals surface area (Å²) in [5.41, 5.74) is 1.33. The number of aliphatic hydroxyl groups excluding tert-OH is 1. The van der Waals surface area contributed by atoms with Gasteiger partial charge in [-0.25, -0.2) is 0 Å². The molecule has 5 nitrogen and oxygen atoms in total. The average molecular weight is 360 g/mol. The summed E-state index contributed by atoms with van der Waals surface area (Å²) in [5, 5.41) is 17.7. The average Bonchev–Trinajstić information content (AvgIpc) is 3.28. The van der Waals surface area contributed by atoms with Gasteiger partial charge in [0.1, 0.15) is 0 Å². The molecule has 0 spiro atoms. The summed E-state index contributed by atoms with van der Waals surface area (Å²) in [7, 11) is 0. The Balaban J connectivity index is 1.32. The number of rotatable bonds is 6. The standard InChI is InChI=1S/C21H33N3O2/c25-18-11-17(24(14-18)13-16-5-2-1-3-6-16)12-23-20-8-4-7-19(20)21-15-26-10-9-22-21/h1-3,5-6,17-23,25H,4,7-15H2. The Hall–Kier alpha value is -0.980. The van der Waals surface area contributed by atoms with Crippen LogP contribution in [0.3, 0.4) is 0 Å². The van der Waals surface area contributed by atoms with Crippen LogP contribution in [0.15, 0.2) is 30.3 Å². The van der Waals surface area contributed by atoms with E-state index in [4.69, 9.17) is 4.74 Å². The van der Waals surface area contributed by atoms with Gasteiger partial charge < -0.3 is 20.5 Å². The van der Waals surface area contributed by atoms with Crippen LogP contribution in [0, 0.1) is 5.92 Å². The fourth-order valence-corrected chi connectivity index (χ4v) is 5.05. The molecule has 144 valence electrons. The van der Waals surface area contributed by atoms with Gasteiger partial charge in [-0.15, -0.1) is 0 Å². The molecule has 26 heavy (non-hydrogen) atoms. The van der Waals surface area contributed by atoms with E-state index in [0.29, 0.717) is 24.0 Å². The van der Waals surface area contributed by atoms with Gasteiger partial charge >= 0.3 is 0 Å². The minimum Gasteiger partial charge on any atom is -0.392 e. The summed E-state index contributed by atoms with van der Waals surface area (Å²) < 4.78 is 5.69. The maximum atomic E-state index is 10.2. The fourth-order valence-electron chi connectivity index (χ4n) is 5.05. The number of aliphatic hydroxyl groups is 1. The van der Waals surface area contributed by atoms with Crippen molar-refractivity contribution in [3.63, 3.8) is 0 Å². The van der Waals surface area contributed by atoms with Crippen LogP contribution in [0.2, 0.25) is 0 Å². The molecule has 1 aliphatic carbocycles. The van der Waals surface area contributed by atoms with E-state index in [0.717, 1.165) is 45.8 Å². The summed E-state index contributed by atoms with van der Waals surface area (Å²) in [6, 6.07) is 12.1. The van der Waals surface area contributed by atoms with Crippen molar-refractivity contribution in [1.82, 2.24) is 15.5 Å². The number of β-amino-alcohol motifs (C(OH)–C–C–N with tert-alkyl or cyclic N) is 1. The quantitative estimate of drug-likeness (QED) is 0.716. The molecule has 2 heterocycles. The lowest BCUT2D eigenvalue weighted by molar-refractivity contribution is 0.0520. The summed E-state index contributed by atoms with van der Waals surface area (Å²) in [6.45, 7) is 5.36. The second-order valence-corrected chi connectivity index (χ2v) is 8.20. The van der Waals surface area contributed by atoms with Crippen LogP contribution in [0.4, 0.5) is 0 Å². The van der Waals surface area contributed by atoms with Crippen molar-refractivity contribution in [2.24, 2.45) is 5.92 Å². The van der Waals surface area contributed by atoms with E-state index in [-0.39, 0.29) is 6.10 Å². The number of morpholine rings is 1.